The zero-order valence-electron chi connectivity index (χ0n) is 15.7. The number of carbonyl (C=O) groups is 2. The van der Waals surface area contributed by atoms with E-state index < -0.39 is 6.04 Å². The van der Waals surface area contributed by atoms with E-state index in [4.69, 9.17) is 4.42 Å². The maximum absolute atomic E-state index is 13.1. The van der Waals surface area contributed by atoms with Gasteiger partial charge in [-0.1, -0.05) is 31.2 Å². The molecule has 0 bridgehead atoms. The summed E-state index contributed by atoms with van der Waals surface area (Å²) in [6, 6.07) is 11.1. The Morgan fingerprint density at radius 2 is 1.78 bits per heavy atom. The lowest BCUT2D eigenvalue weighted by Gasteiger charge is -2.37. The van der Waals surface area contributed by atoms with Gasteiger partial charge in [-0.25, -0.2) is 0 Å². The second kappa shape index (κ2) is 7.59. The van der Waals surface area contributed by atoms with Gasteiger partial charge in [0.25, 0.3) is 5.91 Å². The highest BCUT2D eigenvalue weighted by atomic mass is 16.3. The van der Waals surface area contributed by atoms with Gasteiger partial charge < -0.3 is 14.6 Å². The first-order valence-electron chi connectivity index (χ1n) is 9.83. The molecule has 0 unspecified atom stereocenters. The van der Waals surface area contributed by atoms with E-state index in [9.17, 15) is 9.59 Å². The Bertz CT molecular complexity index is 807. The molecule has 1 aliphatic carbocycles. The number of hydrogen-bond acceptors (Lipinski definition) is 3. The summed E-state index contributed by atoms with van der Waals surface area (Å²) in [6.45, 7) is 2.69. The summed E-state index contributed by atoms with van der Waals surface area (Å²) in [6.07, 6.45) is 6.35. The van der Waals surface area contributed by atoms with Crippen molar-refractivity contribution in [3.8, 4) is 0 Å². The summed E-state index contributed by atoms with van der Waals surface area (Å²) in [5.74, 6) is 0.728. The molecule has 1 aliphatic heterocycles. The summed E-state index contributed by atoms with van der Waals surface area (Å²) in [5, 5.41) is 3.21. The molecule has 142 valence electrons. The monoisotopic (exact) mass is 366 g/mol. The van der Waals surface area contributed by atoms with Crippen molar-refractivity contribution in [2.45, 2.75) is 57.7 Å². The number of amides is 2. The lowest BCUT2D eigenvalue weighted by molar-refractivity contribution is -0.127. The largest absolute Gasteiger partial charge is 0.459 e. The van der Waals surface area contributed by atoms with Crippen LogP contribution >= 0.6 is 0 Å². The molecule has 2 heterocycles. The maximum atomic E-state index is 13.1. The second-order valence-electron chi connectivity index (χ2n) is 7.86. The van der Waals surface area contributed by atoms with E-state index in [1.807, 2.05) is 24.3 Å². The van der Waals surface area contributed by atoms with Crippen molar-refractivity contribution in [2.24, 2.45) is 5.92 Å². The molecule has 27 heavy (non-hydrogen) atoms. The van der Waals surface area contributed by atoms with Gasteiger partial charge in [0.1, 0.15) is 6.04 Å². The summed E-state index contributed by atoms with van der Waals surface area (Å²) in [4.78, 5) is 27.7. The molecule has 2 aliphatic rings. The SMILES string of the molecule is CC1CCC(NC(=O)[C@H]2Cc3ccccc3CN2C(=O)c2ccco2)CC1. The Morgan fingerprint density at radius 1 is 1.04 bits per heavy atom. The van der Waals surface area contributed by atoms with Crippen molar-refractivity contribution in [1.82, 2.24) is 10.2 Å². The maximum Gasteiger partial charge on any atom is 0.290 e. The number of hydrogen-bond donors (Lipinski definition) is 1. The normalized spacial score (nSPS) is 24.9. The Hall–Kier alpha value is -2.56. The molecular formula is C22H26N2O3. The molecule has 1 atom stereocenters. The van der Waals surface area contributed by atoms with Crippen LogP contribution in [0.3, 0.4) is 0 Å². The van der Waals surface area contributed by atoms with E-state index in [2.05, 4.69) is 12.2 Å². The third kappa shape index (κ3) is 3.77. The molecule has 1 aromatic heterocycles. The molecule has 1 fully saturated rings. The van der Waals surface area contributed by atoms with Crippen molar-refractivity contribution in [2.75, 3.05) is 0 Å². The number of nitrogens with one attached hydrogen (secondary N) is 1. The van der Waals surface area contributed by atoms with Gasteiger partial charge in [0.15, 0.2) is 5.76 Å². The Balaban J connectivity index is 1.55. The summed E-state index contributed by atoms with van der Waals surface area (Å²) >= 11 is 0. The predicted octanol–water partition coefficient (Wildman–Crippen LogP) is 3.54. The van der Waals surface area contributed by atoms with E-state index in [1.165, 1.54) is 6.26 Å². The van der Waals surface area contributed by atoms with Gasteiger partial charge in [-0.15, -0.1) is 0 Å². The third-order valence-electron chi connectivity index (χ3n) is 5.91. The van der Waals surface area contributed by atoms with Crippen LogP contribution in [0.2, 0.25) is 0 Å². The van der Waals surface area contributed by atoms with Crippen LogP contribution in [0.4, 0.5) is 0 Å². The van der Waals surface area contributed by atoms with Crippen molar-refractivity contribution >= 4 is 11.8 Å². The van der Waals surface area contributed by atoms with Gasteiger partial charge >= 0.3 is 0 Å². The number of nitrogens with zero attached hydrogens (tertiary/aromatic N) is 1. The van der Waals surface area contributed by atoms with Crippen LogP contribution in [0.25, 0.3) is 0 Å². The number of rotatable bonds is 3. The fourth-order valence-electron chi connectivity index (χ4n) is 4.21. The lowest BCUT2D eigenvalue weighted by Crippen LogP contribution is -2.54. The average Bonchev–Trinajstić information content (AvgIpc) is 3.23. The van der Waals surface area contributed by atoms with E-state index in [-0.39, 0.29) is 23.6 Å². The predicted molar refractivity (Wildman–Crippen MR) is 102 cm³/mol. The first-order chi connectivity index (χ1) is 13.1. The van der Waals surface area contributed by atoms with Crippen LogP contribution in [-0.2, 0) is 17.8 Å². The standard InChI is InChI=1S/C22H26N2O3/c1-15-8-10-18(11-9-15)23-21(25)19-13-16-5-2-3-6-17(16)14-24(19)22(26)20-7-4-12-27-20/h2-7,12,15,18-19H,8-11,13-14H2,1H3,(H,23,25)/t15?,18?,19-/m1/s1. The number of fused-ring (bicyclic) bond motifs is 1. The van der Waals surface area contributed by atoms with Gasteiger partial charge in [-0.05, 0) is 54.9 Å². The number of carbonyl (C=O) groups excluding carboxylic acids is 2. The Labute approximate surface area is 159 Å². The Morgan fingerprint density at radius 3 is 2.48 bits per heavy atom. The van der Waals surface area contributed by atoms with Gasteiger partial charge in [0.2, 0.25) is 5.91 Å². The summed E-state index contributed by atoms with van der Waals surface area (Å²) < 4.78 is 5.30. The number of benzene rings is 1. The summed E-state index contributed by atoms with van der Waals surface area (Å²) in [5.41, 5.74) is 2.23. The van der Waals surface area contributed by atoms with Gasteiger partial charge in [-0.2, -0.15) is 0 Å². The fraction of sp³-hybridized carbons (Fsp3) is 0.455. The van der Waals surface area contributed by atoms with Gasteiger partial charge in [-0.3, -0.25) is 9.59 Å². The van der Waals surface area contributed by atoms with Crippen LogP contribution in [-0.4, -0.2) is 28.8 Å². The Kier molecular flexibility index (Phi) is 5.01. The third-order valence-corrected chi connectivity index (χ3v) is 5.91. The smallest absolute Gasteiger partial charge is 0.290 e. The molecule has 5 heteroatoms. The first kappa shape index (κ1) is 17.8. The topological polar surface area (TPSA) is 62.6 Å². The highest BCUT2D eigenvalue weighted by molar-refractivity contribution is 5.96. The van der Waals surface area contributed by atoms with Crippen LogP contribution in [0.1, 0.15) is 54.3 Å². The van der Waals surface area contributed by atoms with Crippen LogP contribution in [0, 0.1) is 5.92 Å². The highest BCUT2D eigenvalue weighted by Gasteiger charge is 2.36. The van der Waals surface area contributed by atoms with E-state index in [1.54, 1.807) is 17.0 Å². The quantitative estimate of drug-likeness (QED) is 0.904. The first-order valence-corrected chi connectivity index (χ1v) is 9.83. The van der Waals surface area contributed by atoms with Crippen molar-refractivity contribution in [1.29, 1.82) is 0 Å². The van der Waals surface area contributed by atoms with Crippen molar-refractivity contribution in [3.63, 3.8) is 0 Å². The van der Waals surface area contributed by atoms with Crippen molar-refractivity contribution < 1.29 is 14.0 Å². The molecule has 5 nitrogen and oxygen atoms in total. The molecule has 1 aromatic carbocycles. The molecular weight excluding hydrogens is 340 g/mol. The summed E-state index contributed by atoms with van der Waals surface area (Å²) in [7, 11) is 0. The van der Waals surface area contributed by atoms with E-state index >= 15 is 0 Å². The second-order valence-corrected chi connectivity index (χ2v) is 7.86. The minimum Gasteiger partial charge on any atom is -0.459 e. The molecule has 0 radical (unpaired) electrons. The van der Waals surface area contributed by atoms with E-state index in [0.717, 1.165) is 42.7 Å². The van der Waals surface area contributed by atoms with E-state index in [0.29, 0.717) is 13.0 Å². The molecule has 1 N–H and O–H groups in total. The fourth-order valence-corrected chi connectivity index (χ4v) is 4.21. The lowest BCUT2D eigenvalue weighted by atomic mass is 9.87. The average molecular weight is 366 g/mol. The molecule has 4 rings (SSSR count). The minimum absolute atomic E-state index is 0.0519. The molecule has 2 amide bonds. The molecule has 0 spiro atoms. The highest BCUT2D eigenvalue weighted by Crippen LogP contribution is 2.27. The van der Waals surface area contributed by atoms with Gasteiger partial charge in [0, 0.05) is 19.0 Å². The van der Waals surface area contributed by atoms with Crippen LogP contribution < -0.4 is 5.32 Å². The zero-order chi connectivity index (χ0) is 18.8. The zero-order valence-corrected chi connectivity index (χ0v) is 15.7. The molecule has 2 aromatic rings. The minimum atomic E-state index is -0.503. The molecule has 0 saturated heterocycles. The number of furan rings is 1. The van der Waals surface area contributed by atoms with Crippen LogP contribution in [0.5, 0.6) is 0 Å². The van der Waals surface area contributed by atoms with Crippen LogP contribution in [0.15, 0.2) is 47.1 Å². The van der Waals surface area contributed by atoms with Gasteiger partial charge in [0.05, 0.1) is 6.26 Å². The molecule has 1 saturated carbocycles. The van der Waals surface area contributed by atoms with Crippen molar-refractivity contribution in [3.05, 3.63) is 59.5 Å².